The molecule has 0 radical (unpaired) electrons. The summed E-state index contributed by atoms with van der Waals surface area (Å²) in [6.45, 7) is 6.07. The van der Waals surface area contributed by atoms with Gasteiger partial charge < -0.3 is 20.6 Å². The van der Waals surface area contributed by atoms with Crippen LogP contribution in [0.1, 0.15) is 57.3 Å². The number of amides is 1. The van der Waals surface area contributed by atoms with Crippen molar-refractivity contribution >= 4 is 5.91 Å². The second kappa shape index (κ2) is 8.30. The summed E-state index contributed by atoms with van der Waals surface area (Å²) in [7, 11) is 0. The largest absolute Gasteiger partial charge is 0.392 e. The number of rotatable bonds is 6. The molecular formula is C20H31NO4. The van der Waals surface area contributed by atoms with E-state index in [0.29, 0.717) is 23.5 Å². The van der Waals surface area contributed by atoms with E-state index in [2.05, 4.69) is 12.2 Å². The summed E-state index contributed by atoms with van der Waals surface area (Å²) in [5.74, 6) is 0.0555. The number of hydrogen-bond donors (Lipinski definition) is 4. The summed E-state index contributed by atoms with van der Waals surface area (Å²) < 4.78 is 0. The summed E-state index contributed by atoms with van der Waals surface area (Å²) >= 11 is 0. The lowest BCUT2D eigenvalue weighted by atomic mass is 9.66. The van der Waals surface area contributed by atoms with E-state index in [1.54, 1.807) is 24.3 Å². The van der Waals surface area contributed by atoms with Crippen molar-refractivity contribution in [2.45, 2.75) is 58.3 Å². The van der Waals surface area contributed by atoms with Crippen molar-refractivity contribution in [2.75, 3.05) is 6.54 Å². The predicted octanol–water partition coefficient (Wildman–Crippen LogP) is 2.15. The van der Waals surface area contributed by atoms with E-state index >= 15 is 0 Å². The topological polar surface area (TPSA) is 89.8 Å². The molecule has 0 aromatic heterocycles. The van der Waals surface area contributed by atoms with Crippen molar-refractivity contribution in [3.63, 3.8) is 0 Å². The van der Waals surface area contributed by atoms with Gasteiger partial charge >= 0.3 is 0 Å². The molecule has 1 aromatic rings. The van der Waals surface area contributed by atoms with Gasteiger partial charge in [-0.2, -0.15) is 0 Å². The fraction of sp³-hybridized carbons (Fsp3) is 0.650. The third kappa shape index (κ3) is 4.60. The second-order valence-electron chi connectivity index (χ2n) is 7.79. The fourth-order valence-electron chi connectivity index (χ4n) is 3.99. The number of hydrogen-bond acceptors (Lipinski definition) is 4. The zero-order valence-electron chi connectivity index (χ0n) is 15.4. The SMILES string of the molecule is CC1CCC(C(C)C)[C@@](O)(C(=O)NCC(O)c2cccc(CO)c2)C1. The van der Waals surface area contributed by atoms with Crippen molar-refractivity contribution < 1.29 is 20.1 Å². The molecule has 0 heterocycles. The van der Waals surface area contributed by atoms with E-state index in [4.69, 9.17) is 0 Å². The first-order valence-corrected chi connectivity index (χ1v) is 9.16. The van der Waals surface area contributed by atoms with E-state index in [0.717, 1.165) is 12.8 Å². The maximum Gasteiger partial charge on any atom is 0.252 e. The predicted molar refractivity (Wildman–Crippen MR) is 96.6 cm³/mol. The van der Waals surface area contributed by atoms with Crippen LogP contribution >= 0.6 is 0 Å². The first kappa shape index (κ1) is 19.9. The lowest BCUT2D eigenvalue weighted by Gasteiger charge is -2.43. The van der Waals surface area contributed by atoms with Crippen molar-refractivity contribution in [1.29, 1.82) is 0 Å². The summed E-state index contributed by atoms with van der Waals surface area (Å²) in [6, 6.07) is 7.00. The number of aliphatic hydroxyl groups excluding tert-OH is 2. The molecule has 4 atom stereocenters. The molecule has 5 heteroatoms. The van der Waals surface area contributed by atoms with Gasteiger partial charge in [-0.3, -0.25) is 4.79 Å². The zero-order chi connectivity index (χ0) is 18.6. The van der Waals surface area contributed by atoms with Gasteiger partial charge in [0.15, 0.2) is 0 Å². The number of benzene rings is 1. The maximum absolute atomic E-state index is 12.7. The first-order chi connectivity index (χ1) is 11.8. The Hall–Kier alpha value is -1.43. The normalized spacial score (nSPS) is 28.0. The summed E-state index contributed by atoms with van der Waals surface area (Å²) in [5.41, 5.74) is -0.0304. The van der Waals surface area contributed by atoms with Gasteiger partial charge in [-0.25, -0.2) is 0 Å². The molecule has 2 rings (SSSR count). The summed E-state index contributed by atoms with van der Waals surface area (Å²) in [5, 5.41) is 33.3. The Balaban J connectivity index is 2.04. The Kier molecular flexibility index (Phi) is 6.60. The zero-order valence-corrected chi connectivity index (χ0v) is 15.4. The molecule has 0 bridgehead atoms. The van der Waals surface area contributed by atoms with Crippen molar-refractivity contribution in [1.82, 2.24) is 5.32 Å². The van der Waals surface area contributed by atoms with E-state index in [-0.39, 0.29) is 25.0 Å². The molecule has 1 aliphatic carbocycles. The Bertz CT molecular complexity index is 589. The van der Waals surface area contributed by atoms with Crippen LogP contribution < -0.4 is 5.32 Å². The van der Waals surface area contributed by atoms with Crippen LogP contribution in [0.3, 0.4) is 0 Å². The molecule has 1 aromatic carbocycles. The van der Waals surface area contributed by atoms with Gasteiger partial charge in [-0.1, -0.05) is 51.5 Å². The molecular weight excluding hydrogens is 318 g/mol. The van der Waals surface area contributed by atoms with Crippen LogP contribution in [0.15, 0.2) is 24.3 Å². The summed E-state index contributed by atoms with van der Waals surface area (Å²) in [6.07, 6.45) is 1.44. The Labute approximate surface area is 150 Å². The molecule has 140 valence electrons. The minimum atomic E-state index is -1.38. The van der Waals surface area contributed by atoms with Gasteiger partial charge in [0.05, 0.1) is 12.7 Å². The van der Waals surface area contributed by atoms with Crippen LogP contribution in [-0.4, -0.2) is 33.4 Å². The van der Waals surface area contributed by atoms with Crippen LogP contribution in [0.4, 0.5) is 0 Å². The third-order valence-electron chi connectivity index (χ3n) is 5.42. The number of aliphatic hydroxyl groups is 3. The molecule has 1 amide bonds. The highest BCUT2D eigenvalue weighted by atomic mass is 16.3. The molecule has 0 aliphatic heterocycles. The Morgan fingerprint density at radius 2 is 2.08 bits per heavy atom. The standard InChI is InChI=1S/C20H31NO4/c1-13(2)17-8-7-14(3)10-20(17,25)19(24)21-11-18(23)16-6-4-5-15(9-16)12-22/h4-6,9,13-14,17-18,22-23,25H,7-8,10-12H2,1-3H3,(H,21,24)/t14?,17?,18?,20-/m1/s1. The van der Waals surface area contributed by atoms with Gasteiger partial charge in [0.2, 0.25) is 0 Å². The monoisotopic (exact) mass is 349 g/mol. The van der Waals surface area contributed by atoms with E-state index in [9.17, 15) is 20.1 Å². The number of carbonyl (C=O) groups excluding carboxylic acids is 1. The quantitative estimate of drug-likeness (QED) is 0.633. The minimum absolute atomic E-state index is 0.0369. The number of carbonyl (C=O) groups is 1. The van der Waals surface area contributed by atoms with E-state index in [1.807, 2.05) is 13.8 Å². The Morgan fingerprint density at radius 3 is 2.72 bits per heavy atom. The minimum Gasteiger partial charge on any atom is -0.392 e. The molecule has 0 spiro atoms. The molecule has 1 aliphatic rings. The average Bonchev–Trinajstić information content (AvgIpc) is 2.58. The third-order valence-corrected chi connectivity index (χ3v) is 5.42. The molecule has 0 saturated heterocycles. The average molecular weight is 349 g/mol. The highest BCUT2D eigenvalue weighted by Gasteiger charge is 2.48. The molecule has 1 fully saturated rings. The van der Waals surface area contributed by atoms with Crippen molar-refractivity contribution in [3.05, 3.63) is 35.4 Å². The summed E-state index contributed by atoms with van der Waals surface area (Å²) in [4.78, 5) is 12.7. The molecule has 3 unspecified atom stereocenters. The van der Waals surface area contributed by atoms with Gasteiger partial charge in [-0.15, -0.1) is 0 Å². The smallest absolute Gasteiger partial charge is 0.252 e. The Morgan fingerprint density at radius 1 is 1.36 bits per heavy atom. The molecule has 4 N–H and O–H groups in total. The molecule has 25 heavy (non-hydrogen) atoms. The van der Waals surface area contributed by atoms with E-state index in [1.165, 1.54) is 0 Å². The van der Waals surface area contributed by atoms with Crippen LogP contribution in [0.5, 0.6) is 0 Å². The van der Waals surface area contributed by atoms with Gasteiger partial charge in [0, 0.05) is 6.54 Å². The molecule has 1 saturated carbocycles. The highest BCUT2D eigenvalue weighted by molar-refractivity contribution is 5.85. The maximum atomic E-state index is 12.7. The molecule has 5 nitrogen and oxygen atoms in total. The van der Waals surface area contributed by atoms with Crippen LogP contribution in [0, 0.1) is 17.8 Å². The van der Waals surface area contributed by atoms with Gasteiger partial charge in [0.25, 0.3) is 5.91 Å². The van der Waals surface area contributed by atoms with Crippen LogP contribution in [0.25, 0.3) is 0 Å². The lowest BCUT2D eigenvalue weighted by molar-refractivity contribution is -0.156. The van der Waals surface area contributed by atoms with Crippen LogP contribution in [-0.2, 0) is 11.4 Å². The van der Waals surface area contributed by atoms with Crippen molar-refractivity contribution in [3.8, 4) is 0 Å². The van der Waals surface area contributed by atoms with Gasteiger partial charge in [0.1, 0.15) is 5.60 Å². The fourth-order valence-corrected chi connectivity index (χ4v) is 3.99. The van der Waals surface area contributed by atoms with E-state index < -0.39 is 17.6 Å². The van der Waals surface area contributed by atoms with Crippen molar-refractivity contribution in [2.24, 2.45) is 17.8 Å². The van der Waals surface area contributed by atoms with Crippen LogP contribution in [0.2, 0.25) is 0 Å². The highest BCUT2D eigenvalue weighted by Crippen LogP contribution is 2.41. The first-order valence-electron chi connectivity index (χ1n) is 9.16. The lowest BCUT2D eigenvalue weighted by Crippen LogP contribution is -2.56. The number of nitrogens with one attached hydrogen (secondary N) is 1. The van der Waals surface area contributed by atoms with Gasteiger partial charge in [-0.05, 0) is 41.7 Å². The second-order valence-corrected chi connectivity index (χ2v) is 7.79.